The predicted octanol–water partition coefficient (Wildman–Crippen LogP) is 4.66. The molecule has 0 aliphatic carbocycles. The fourth-order valence-electron chi connectivity index (χ4n) is 2.62. The maximum absolute atomic E-state index is 8.93. The molecule has 2 heterocycles. The smallest absolute Gasteiger partial charge is 0.206 e. The van der Waals surface area contributed by atoms with Crippen molar-refractivity contribution in [2.45, 2.75) is 6.54 Å². The fraction of sp³-hybridized carbons (Fsp3) is 0.0455. The molecule has 0 spiro atoms. The summed E-state index contributed by atoms with van der Waals surface area (Å²) in [7, 11) is 0. The van der Waals surface area contributed by atoms with Crippen molar-refractivity contribution in [2.75, 3.05) is 0 Å². The van der Waals surface area contributed by atoms with Gasteiger partial charge in [0, 0.05) is 5.38 Å². The third-order valence-corrected chi connectivity index (χ3v) is 4.91. The van der Waals surface area contributed by atoms with Gasteiger partial charge < -0.3 is 4.42 Å². The SMILES string of the molecule is N#Cc1ccc(C=Nn2c(-c3ccco3)csc2=NCc2ccccc2)cc1. The van der Waals surface area contributed by atoms with E-state index in [0.29, 0.717) is 12.1 Å². The standard InChI is InChI=1S/C22H16N4OS/c23-13-17-8-10-19(11-9-17)15-25-26-20(21-7-4-12-27-21)16-28-22(26)24-14-18-5-2-1-3-6-18/h1-12,15-16H,14H2. The normalized spacial score (nSPS) is 11.8. The molecule has 28 heavy (non-hydrogen) atoms. The molecule has 4 rings (SSSR count). The highest BCUT2D eigenvalue weighted by Gasteiger charge is 2.09. The van der Waals surface area contributed by atoms with Gasteiger partial charge in [-0.1, -0.05) is 42.5 Å². The maximum atomic E-state index is 8.93. The Balaban J connectivity index is 1.71. The molecule has 4 aromatic rings. The van der Waals surface area contributed by atoms with Crippen molar-refractivity contribution in [3.05, 3.63) is 99.9 Å². The van der Waals surface area contributed by atoms with Crippen LogP contribution in [0.2, 0.25) is 0 Å². The maximum Gasteiger partial charge on any atom is 0.206 e. The Hall–Kier alpha value is -3.69. The Labute approximate surface area is 166 Å². The van der Waals surface area contributed by atoms with E-state index in [1.165, 1.54) is 11.3 Å². The Bertz CT molecular complexity index is 1180. The lowest BCUT2D eigenvalue weighted by Gasteiger charge is -2.01. The van der Waals surface area contributed by atoms with Crippen molar-refractivity contribution in [2.24, 2.45) is 10.1 Å². The lowest BCUT2D eigenvalue weighted by atomic mass is 10.2. The molecule has 5 nitrogen and oxygen atoms in total. The number of nitrogens with zero attached hydrogens (tertiary/aromatic N) is 4. The van der Waals surface area contributed by atoms with Crippen molar-refractivity contribution in [1.29, 1.82) is 5.26 Å². The van der Waals surface area contributed by atoms with Crippen LogP contribution in [0.25, 0.3) is 11.5 Å². The van der Waals surface area contributed by atoms with Gasteiger partial charge in [-0.3, -0.25) is 4.99 Å². The molecule has 2 aromatic heterocycles. The average Bonchev–Trinajstić information content (AvgIpc) is 3.41. The van der Waals surface area contributed by atoms with Gasteiger partial charge in [0.15, 0.2) is 5.76 Å². The van der Waals surface area contributed by atoms with Crippen LogP contribution in [0.4, 0.5) is 0 Å². The van der Waals surface area contributed by atoms with E-state index < -0.39 is 0 Å². The third kappa shape index (κ3) is 4.00. The summed E-state index contributed by atoms with van der Waals surface area (Å²) < 4.78 is 7.34. The summed E-state index contributed by atoms with van der Waals surface area (Å²) in [4.78, 5) is 5.51. The zero-order valence-corrected chi connectivity index (χ0v) is 15.7. The fourth-order valence-corrected chi connectivity index (χ4v) is 3.44. The first-order valence-corrected chi connectivity index (χ1v) is 9.55. The van der Waals surface area contributed by atoms with Crippen molar-refractivity contribution in [3.8, 4) is 17.5 Å². The average molecular weight is 384 g/mol. The van der Waals surface area contributed by atoms with E-state index in [1.807, 2.05) is 47.8 Å². The first-order valence-electron chi connectivity index (χ1n) is 8.67. The molecule has 0 amide bonds. The second kappa shape index (κ2) is 8.33. The number of hydrogen-bond acceptors (Lipinski definition) is 5. The Morgan fingerprint density at radius 2 is 1.86 bits per heavy atom. The first-order chi connectivity index (χ1) is 13.8. The molecule has 0 fully saturated rings. The van der Waals surface area contributed by atoms with Crippen LogP contribution in [0.3, 0.4) is 0 Å². The van der Waals surface area contributed by atoms with Gasteiger partial charge in [0.1, 0.15) is 5.69 Å². The van der Waals surface area contributed by atoms with E-state index >= 15 is 0 Å². The van der Waals surface area contributed by atoms with Gasteiger partial charge in [0.05, 0.1) is 30.7 Å². The molecule has 0 N–H and O–H groups in total. The molecule has 0 aliphatic heterocycles. The summed E-state index contributed by atoms with van der Waals surface area (Å²) in [5.41, 5.74) is 3.50. The Kier molecular flexibility index (Phi) is 5.27. The summed E-state index contributed by atoms with van der Waals surface area (Å²) >= 11 is 1.51. The largest absolute Gasteiger partial charge is 0.463 e. The van der Waals surface area contributed by atoms with Gasteiger partial charge >= 0.3 is 0 Å². The second-order valence-electron chi connectivity index (χ2n) is 5.97. The van der Waals surface area contributed by atoms with Crippen LogP contribution in [0.5, 0.6) is 0 Å². The van der Waals surface area contributed by atoms with E-state index in [1.54, 1.807) is 29.3 Å². The molecule has 0 aliphatic rings. The number of benzene rings is 2. The van der Waals surface area contributed by atoms with Crippen LogP contribution >= 0.6 is 11.3 Å². The highest BCUT2D eigenvalue weighted by atomic mass is 32.1. The topological polar surface area (TPSA) is 66.6 Å². The van der Waals surface area contributed by atoms with Crippen molar-refractivity contribution < 1.29 is 4.42 Å². The molecule has 0 radical (unpaired) electrons. The number of nitriles is 1. The molecule has 2 aromatic carbocycles. The number of aromatic nitrogens is 1. The monoisotopic (exact) mass is 384 g/mol. The molecule has 0 bridgehead atoms. The zero-order valence-electron chi connectivity index (χ0n) is 14.9. The summed E-state index contributed by atoms with van der Waals surface area (Å²) in [6.07, 6.45) is 3.39. The van der Waals surface area contributed by atoms with Crippen molar-refractivity contribution in [3.63, 3.8) is 0 Å². The first kappa shape index (κ1) is 17.7. The van der Waals surface area contributed by atoms with Crippen molar-refractivity contribution >= 4 is 17.6 Å². The lowest BCUT2D eigenvalue weighted by molar-refractivity contribution is 0.575. The molecule has 6 heteroatoms. The summed E-state index contributed by atoms with van der Waals surface area (Å²) in [5, 5.41) is 15.5. The predicted molar refractivity (Wildman–Crippen MR) is 110 cm³/mol. The molecule has 0 atom stereocenters. The number of furan rings is 1. The minimum Gasteiger partial charge on any atom is -0.463 e. The lowest BCUT2D eigenvalue weighted by Crippen LogP contribution is -2.12. The number of hydrogen-bond donors (Lipinski definition) is 0. The Morgan fingerprint density at radius 1 is 1.04 bits per heavy atom. The summed E-state index contributed by atoms with van der Waals surface area (Å²) in [6, 6.07) is 23.2. The highest BCUT2D eigenvalue weighted by molar-refractivity contribution is 7.07. The molecular formula is C22H16N4OS. The van der Waals surface area contributed by atoms with Crippen LogP contribution in [-0.2, 0) is 6.54 Å². The summed E-state index contributed by atoms with van der Waals surface area (Å²) in [5.74, 6) is 0.731. The van der Waals surface area contributed by atoms with Crippen LogP contribution in [0.15, 0.2) is 92.9 Å². The van der Waals surface area contributed by atoms with Crippen LogP contribution < -0.4 is 4.80 Å². The van der Waals surface area contributed by atoms with E-state index in [0.717, 1.165) is 27.4 Å². The van der Waals surface area contributed by atoms with Crippen LogP contribution in [0, 0.1) is 11.3 Å². The van der Waals surface area contributed by atoms with Crippen LogP contribution in [-0.4, -0.2) is 10.9 Å². The molecule has 0 unspecified atom stereocenters. The van der Waals surface area contributed by atoms with Gasteiger partial charge in [0.25, 0.3) is 0 Å². The van der Waals surface area contributed by atoms with Gasteiger partial charge in [-0.25, -0.2) is 4.68 Å². The van der Waals surface area contributed by atoms with Gasteiger partial charge in [0.2, 0.25) is 4.80 Å². The summed E-state index contributed by atoms with van der Waals surface area (Å²) in [6.45, 7) is 0.575. The second-order valence-corrected chi connectivity index (χ2v) is 6.81. The number of rotatable bonds is 5. The van der Waals surface area contributed by atoms with E-state index in [9.17, 15) is 0 Å². The highest BCUT2D eigenvalue weighted by Crippen LogP contribution is 2.20. The van der Waals surface area contributed by atoms with Gasteiger partial charge in [-0.15, -0.1) is 11.3 Å². The third-order valence-electron chi connectivity index (χ3n) is 4.06. The van der Waals surface area contributed by atoms with Crippen molar-refractivity contribution in [1.82, 2.24) is 4.68 Å². The van der Waals surface area contributed by atoms with Gasteiger partial charge in [-0.05, 0) is 35.4 Å². The molecular weight excluding hydrogens is 368 g/mol. The van der Waals surface area contributed by atoms with E-state index in [-0.39, 0.29) is 0 Å². The van der Waals surface area contributed by atoms with E-state index in [4.69, 9.17) is 14.7 Å². The van der Waals surface area contributed by atoms with E-state index in [2.05, 4.69) is 23.3 Å². The zero-order chi connectivity index (χ0) is 19.2. The Morgan fingerprint density at radius 3 is 2.57 bits per heavy atom. The molecule has 0 saturated heterocycles. The molecule has 0 saturated carbocycles. The number of thiazole rings is 1. The quantitative estimate of drug-likeness (QED) is 0.470. The minimum absolute atomic E-state index is 0.575. The van der Waals surface area contributed by atoms with Crippen LogP contribution in [0.1, 0.15) is 16.7 Å². The minimum atomic E-state index is 0.575. The van der Waals surface area contributed by atoms with Gasteiger partial charge in [-0.2, -0.15) is 10.4 Å². The molecule has 136 valence electrons.